The third kappa shape index (κ3) is 5.58. The van der Waals surface area contributed by atoms with Crippen LogP contribution in [0.5, 0.6) is 5.75 Å². The molecule has 27 heavy (non-hydrogen) atoms. The van der Waals surface area contributed by atoms with Crippen molar-refractivity contribution in [1.29, 1.82) is 0 Å². The van der Waals surface area contributed by atoms with Gasteiger partial charge in [0.1, 0.15) is 5.75 Å². The quantitative estimate of drug-likeness (QED) is 0.790. The van der Waals surface area contributed by atoms with Gasteiger partial charge in [-0.2, -0.15) is 0 Å². The van der Waals surface area contributed by atoms with Crippen LogP contribution in [0.3, 0.4) is 0 Å². The summed E-state index contributed by atoms with van der Waals surface area (Å²) < 4.78 is 5.52. The lowest BCUT2D eigenvalue weighted by molar-refractivity contribution is -0.140. The van der Waals surface area contributed by atoms with E-state index in [0.717, 1.165) is 6.42 Å². The van der Waals surface area contributed by atoms with E-state index in [1.807, 2.05) is 41.3 Å². The van der Waals surface area contributed by atoms with E-state index in [4.69, 9.17) is 4.74 Å². The minimum Gasteiger partial charge on any atom is -0.484 e. The number of carbonyl (C=O) groups excluding carboxylic acids is 2. The number of piperazine rings is 1. The Morgan fingerprint density at radius 2 is 1.56 bits per heavy atom. The van der Waals surface area contributed by atoms with Crippen molar-refractivity contribution >= 4 is 11.8 Å². The Morgan fingerprint density at radius 3 is 2.22 bits per heavy atom. The molecular weight excluding hydrogens is 340 g/mol. The summed E-state index contributed by atoms with van der Waals surface area (Å²) in [4.78, 5) is 28.4. The number of amides is 2. The van der Waals surface area contributed by atoms with Gasteiger partial charge in [-0.3, -0.25) is 9.59 Å². The zero-order chi connectivity index (χ0) is 19.1. The molecule has 0 aromatic heterocycles. The molecule has 5 heteroatoms. The number of para-hydroxylation sites is 1. The monoisotopic (exact) mass is 366 g/mol. The van der Waals surface area contributed by atoms with Gasteiger partial charge in [-0.15, -0.1) is 0 Å². The summed E-state index contributed by atoms with van der Waals surface area (Å²) in [5.74, 6) is 0.811. The second-order valence-corrected chi connectivity index (χ2v) is 6.85. The van der Waals surface area contributed by atoms with Crippen molar-refractivity contribution in [2.75, 3.05) is 32.8 Å². The summed E-state index contributed by atoms with van der Waals surface area (Å²) in [6, 6.07) is 17.6. The average molecular weight is 366 g/mol. The molecule has 1 heterocycles. The average Bonchev–Trinajstić information content (AvgIpc) is 2.71. The second-order valence-electron chi connectivity index (χ2n) is 6.85. The predicted molar refractivity (Wildman–Crippen MR) is 105 cm³/mol. The van der Waals surface area contributed by atoms with Gasteiger partial charge < -0.3 is 14.5 Å². The highest BCUT2D eigenvalue weighted by atomic mass is 16.5. The van der Waals surface area contributed by atoms with Crippen LogP contribution >= 0.6 is 0 Å². The maximum Gasteiger partial charge on any atom is 0.260 e. The SMILES string of the molecule is Cc1cccc(CCC(=O)N2CCN(C(=O)COc3ccccc3)CC2)c1. The topological polar surface area (TPSA) is 49.9 Å². The van der Waals surface area contributed by atoms with Crippen molar-refractivity contribution in [1.82, 2.24) is 9.80 Å². The van der Waals surface area contributed by atoms with E-state index < -0.39 is 0 Å². The van der Waals surface area contributed by atoms with Crippen LogP contribution in [-0.4, -0.2) is 54.4 Å². The minimum atomic E-state index is -0.0364. The third-order valence-corrected chi connectivity index (χ3v) is 4.80. The van der Waals surface area contributed by atoms with E-state index in [0.29, 0.717) is 38.3 Å². The fourth-order valence-corrected chi connectivity index (χ4v) is 3.24. The number of ether oxygens (including phenoxy) is 1. The molecule has 2 aromatic rings. The van der Waals surface area contributed by atoms with Crippen LogP contribution in [0.4, 0.5) is 0 Å². The Morgan fingerprint density at radius 1 is 0.889 bits per heavy atom. The summed E-state index contributed by atoms with van der Waals surface area (Å²) in [6.45, 7) is 4.39. The normalized spacial score (nSPS) is 14.1. The van der Waals surface area contributed by atoms with E-state index in [1.165, 1.54) is 11.1 Å². The first-order valence-corrected chi connectivity index (χ1v) is 9.41. The van der Waals surface area contributed by atoms with Gasteiger partial charge in [0, 0.05) is 32.6 Å². The maximum atomic E-state index is 12.4. The van der Waals surface area contributed by atoms with Crippen molar-refractivity contribution in [3.8, 4) is 5.75 Å². The molecule has 0 saturated carbocycles. The van der Waals surface area contributed by atoms with Crippen molar-refractivity contribution < 1.29 is 14.3 Å². The van der Waals surface area contributed by atoms with Gasteiger partial charge in [0.2, 0.25) is 5.91 Å². The van der Waals surface area contributed by atoms with Crippen molar-refractivity contribution in [2.24, 2.45) is 0 Å². The lowest BCUT2D eigenvalue weighted by atomic mass is 10.1. The Balaban J connectivity index is 1.40. The molecule has 0 N–H and O–H groups in total. The van der Waals surface area contributed by atoms with Gasteiger partial charge in [-0.1, -0.05) is 48.0 Å². The highest BCUT2D eigenvalue weighted by Crippen LogP contribution is 2.11. The van der Waals surface area contributed by atoms with E-state index >= 15 is 0 Å². The van der Waals surface area contributed by atoms with Gasteiger partial charge in [-0.05, 0) is 31.0 Å². The van der Waals surface area contributed by atoms with Crippen molar-refractivity contribution in [3.63, 3.8) is 0 Å². The molecule has 1 aliphatic heterocycles. The summed E-state index contributed by atoms with van der Waals surface area (Å²) in [5, 5.41) is 0. The fourth-order valence-electron chi connectivity index (χ4n) is 3.24. The molecule has 2 aromatic carbocycles. The molecule has 0 atom stereocenters. The molecule has 0 radical (unpaired) electrons. The van der Waals surface area contributed by atoms with Crippen LogP contribution in [0.1, 0.15) is 17.5 Å². The number of hydrogen-bond donors (Lipinski definition) is 0. The minimum absolute atomic E-state index is 0.0331. The molecule has 1 aliphatic rings. The number of rotatable bonds is 6. The molecule has 142 valence electrons. The molecule has 0 bridgehead atoms. The van der Waals surface area contributed by atoms with Crippen LogP contribution in [0.25, 0.3) is 0 Å². The van der Waals surface area contributed by atoms with Gasteiger partial charge in [-0.25, -0.2) is 0 Å². The number of aryl methyl sites for hydroxylation is 2. The molecule has 2 amide bonds. The van der Waals surface area contributed by atoms with Crippen molar-refractivity contribution in [2.45, 2.75) is 19.8 Å². The van der Waals surface area contributed by atoms with Crippen LogP contribution in [0.15, 0.2) is 54.6 Å². The van der Waals surface area contributed by atoms with Gasteiger partial charge in [0.05, 0.1) is 0 Å². The van der Waals surface area contributed by atoms with E-state index in [1.54, 1.807) is 4.90 Å². The van der Waals surface area contributed by atoms with Gasteiger partial charge >= 0.3 is 0 Å². The Hall–Kier alpha value is -2.82. The molecule has 3 rings (SSSR count). The Bertz CT molecular complexity index is 768. The summed E-state index contributed by atoms with van der Waals surface area (Å²) >= 11 is 0. The van der Waals surface area contributed by atoms with E-state index in [9.17, 15) is 9.59 Å². The van der Waals surface area contributed by atoms with Gasteiger partial charge in [0.25, 0.3) is 5.91 Å². The molecule has 1 fully saturated rings. The third-order valence-electron chi connectivity index (χ3n) is 4.80. The van der Waals surface area contributed by atoms with Crippen LogP contribution in [-0.2, 0) is 16.0 Å². The lowest BCUT2D eigenvalue weighted by Crippen LogP contribution is -2.51. The second kappa shape index (κ2) is 9.21. The molecule has 0 unspecified atom stereocenters. The molecule has 0 spiro atoms. The van der Waals surface area contributed by atoms with Crippen LogP contribution in [0.2, 0.25) is 0 Å². The standard InChI is InChI=1S/C22H26N2O3/c1-18-6-5-7-19(16-18)10-11-21(25)23-12-14-24(15-13-23)22(26)17-27-20-8-3-2-4-9-20/h2-9,16H,10-15,17H2,1H3. The highest BCUT2D eigenvalue weighted by molar-refractivity contribution is 5.79. The van der Waals surface area contributed by atoms with Gasteiger partial charge in [0.15, 0.2) is 6.61 Å². The number of carbonyl (C=O) groups is 2. The first-order chi connectivity index (χ1) is 13.1. The zero-order valence-corrected chi connectivity index (χ0v) is 15.8. The van der Waals surface area contributed by atoms with Crippen LogP contribution in [0, 0.1) is 6.92 Å². The number of benzene rings is 2. The van der Waals surface area contributed by atoms with E-state index in [-0.39, 0.29) is 18.4 Å². The largest absolute Gasteiger partial charge is 0.484 e. The van der Waals surface area contributed by atoms with Crippen LogP contribution < -0.4 is 4.74 Å². The summed E-state index contributed by atoms with van der Waals surface area (Å²) in [5.41, 5.74) is 2.40. The van der Waals surface area contributed by atoms with E-state index in [2.05, 4.69) is 25.1 Å². The first-order valence-electron chi connectivity index (χ1n) is 9.41. The zero-order valence-electron chi connectivity index (χ0n) is 15.8. The first kappa shape index (κ1) is 19.0. The Labute approximate surface area is 160 Å². The molecule has 1 saturated heterocycles. The molecular formula is C22H26N2O3. The Kier molecular flexibility index (Phi) is 6.47. The number of nitrogens with zero attached hydrogens (tertiary/aromatic N) is 2. The van der Waals surface area contributed by atoms with Crippen molar-refractivity contribution in [3.05, 3.63) is 65.7 Å². The smallest absolute Gasteiger partial charge is 0.260 e. The summed E-state index contributed by atoms with van der Waals surface area (Å²) in [6.07, 6.45) is 1.26. The lowest BCUT2D eigenvalue weighted by Gasteiger charge is -2.34. The summed E-state index contributed by atoms with van der Waals surface area (Å²) in [7, 11) is 0. The maximum absolute atomic E-state index is 12.4. The number of hydrogen-bond acceptors (Lipinski definition) is 3. The fraction of sp³-hybridized carbons (Fsp3) is 0.364. The predicted octanol–water partition coefficient (Wildman–Crippen LogP) is 2.68. The molecule has 5 nitrogen and oxygen atoms in total. The molecule has 0 aliphatic carbocycles. The highest BCUT2D eigenvalue weighted by Gasteiger charge is 2.24.